The summed E-state index contributed by atoms with van der Waals surface area (Å²) < 4.78 is 6.39. The first-order chi connectivity index (χ1) is 8.95. The molecule has 0 aliphatic heterocycles. The molecule has 0 spiro atoms. The molecule has 1 aromatic rings. The van der Waals surface area contributed by atoms with Crippen LogP contribution in [0.15, 0.2) is 22.7 Å². The molecule has 4 nitrogen and oxygen atoms in total. The Balaban J connectivity index is 2.82. The topological polar surface area (TPSA) is 58.6 Å². The third-order valence-electron chi connectivity index (χ3n) is 2.46. The van der Waals surface area contributed by atoms with E-state index in [1.807, 2.05) is 0 Å². The van der Waals surface area contributed by atoms with E-state index >= 15 is 0 Å². The molecule has 2 N–H and O–H groups in total. The maximum Gasteiger partial charge on any atom is 0.261 e. The summed E-state index contributed by atoms with van der Waals surface area (Å²) in [6.07, 6.45) is 3.69. The first kappa shape index (κ1) is 15.5. The smallest absolute Gasteiger partial charge is 0.261 e. The van der Waals surface area contributed by atoms with Gasteiger partial charge in [-0.3, -0.25) is 4.79 Å². The Labute approximate surface area is 121 Å². The Morgan fingerprint density at radius 3 is 2.84 bits per heavy atom. The zero-order valence-corrected chi connectivity index (χ0v) is 12.4. The number of carbonyl (C=O) groups is 1. The molecule has 0 aliphatic rings. The minimum Gasteiger partial charge on any atom is -0.481 e. The number of aliphatic hydroxyl groups is 1. The fourth-order valence-electron chi connectivity index (χ4n) is 1.48. The maximum atomic E-state index is 11.7. The Kier molecular flexibility index (Phi) is 5.87. The second-order valence-electron chi connectivity index (χ2n) is 4.04. The molecule has 0 heterocycles. The first-order valence-corrected chi connectivity index (χ1v) is 6.60. The zero-order valence-electron chi connectivity index (χ0n) is 10.8. The second kappa shape index (κ2) is 7.17. The number of benzene rings is 1. The molecule has 0 fully saturated rings. The lowest BCUT2D eigenvalue weighted by Crippen LogP contribution is -2.36. The van der Waals surface area contributed by atoms with Crippen molar-refractivity contribution in [2.75, 3.05) is 6.54 Å². The van der Waals surface area contributed by atoms with E-state index in [4.69, 9.17) is 11.2 Å². The van der Waals surface area contributed by atoms with Crippen molar-refractivity contribution in [1.29, 1.82) is 0 Å². The van der Waals surface area contributed by atoms with E-state index in [1.165, 1.54) is 0 Å². The average Bonchev–Trinajstić information content (AvgIpc) is 2.37. The van der Waals surface area contributed by atoms with Crippen molar-refractivity contribution in [3.05, 3.63) is 28.2 Å². The monoisotopic (exact) mass is 325 g/mol. The minimum atomic E-state index is -0.688. The van der Waals surface area contributed by atoms with E-state index in [-0.39, 0.29) is 12.5 Å². The van der Waals surface area contributed by atoms with Gasteiger partial charge in [0.2, 0.25) is 0 Å². The fraction of sp³-hybridized carbons (Fsp3) is 0.357. The largest absolute Gasteiger partial charge is 0.481 e. The molecule has 0 radical (unpaired) electrons. The summed E-state index contributed by atoms with van der Waals surface area (Å²) in [4.78, 5) is 11.7. The van der Waals surface area contributed by atoms with Crippen LogP contribution < -0.4 is 10.1 Å². The number of nitrogens with one attached hydrogen (secondary N) is 1. The molecule has 0 aromatic heterocycles. The Morgan fingerprint density at radius 1 is 1.58 bits per heavy atom. The highest BCUT2D eigenvalue weighted by Crippen LogP contribution is 2.29. The van der Waals surface area contributed by atoms with Crippen molar-refractivity contribution in [3.8, 4) is 18.1 Å². The van der Waals surface area contributed by atoms with Crippen LogP contribution >= 0.6 is 15.9 Å². The van der Waals surface area contributed by atoms with E-state index in [9.17, 15) is 9.90 Å². The first-order valence-electron chi connectivity index (χ1n) is 5.81. The molecule has 0 aliphatic carbocycles. The molecule has 1 amide bonds. The molecule has 102 valence electrons. The maximum absolute atomic E-state index is 11.7. The van der Waals surface area contributed by atoms with Gasteiger partial charge in [-0.25, -0.2) is 0 Å². The Hall–Kier alpha value is -1.51. The van der Waals surface area contributed by atoms with Crippen LogP contribution in [0.25, 0.3) is 0 Å². The number of aliphatic hydroxyl groups excluding tert-OH is 1. The van der Waals surface area contributed by atoms with Crippen LogP contribution in [0.4, 0.5) is 0 Å². The van der Waals surface area contributed by atoms with Crippen LogP contribution in [-0.4, -0.2) is 23.7 Å². The van der Waals surface area contributed by atoms with Crippen LogP contribution in [0.5, 0.6) is 5.75 Å². The summed E-state index contributed by atoms with van der Waals surface area (Å²) in [5.41, 5.74) is 0.617. The quantitative estimate of drug-likeness (QED) is 0.814. The van der Waals surface area contributed by atoms with Crippen LogP contribution in [-0.2, 0) is 4.79 Å². The molecule has 0 saturated heterocycles. The highest BCUT2D eigenvalue weighted by Gasteiger charge is 2.17. The van der Waals surface area contributed by atoms with Gasteiger partial charge in [0.15, 0.2) is 6.10 Å². The Bertz CT molecular complexity index is 494. The molecule has 1 rings (SSSR count). The van der Waals surface area contributed by atoms with Gasteiger partial charge in [0.1, 0.15) is 5.75 Å². The summed E-state index contributed by atoms with van der Waals surface area (Å²) in [6.45, 7) is 3.42. The van der Waals surface area contributed by atoms with Gasteiger partial charge < -0.3 is 15.2 Å². The van der Waals surface area contributed by atoms with Crippen LogP contribution in [0.3, 0.4) is 0 Å². The molecule has 1 unspecified atom stereocenters. The van der Waals surface area contributed by atoms with E-state index < -0.39 is 12.2 Å². The van der Waals surface area contributed by atoms with Crippen molar-refractivity contribution in [2.24, 2.45) is 0 Å². The van der Waals surface area contributed by atoms with E-state index in [0.29, 0.717) is 11.3 Å². The summed E-state index contributed by atoms with van der Waals surface area (Å²) in [5.74, 6) is 2.50. The summed E-state index contributed by atoms with van der Waals surface area (Å²) in [5, 5.41) is 12.2. The molecule has 19 heavy (non-hydrogen) atoms. The highest BCUT2D eigenvalue weighted by molar-refractivity contribution is 9.10. The molecule has 5 heteroatoms. The Morgan fingerprint density at radius 2 is 2.26 bits per heavy atom. The molecule has 0 saturated carbocycles. The predicted molar refractivity (Wildman–Crippen MR) is 76.7 cm³/mol. The standard InChI is InChI=1S/C14H16BrNO3/c1-4-7-16-14(18)10(3)19-13-6-5-11(15)8-12(13)9(2)17/h1,5-6,8-10,17H,7H2,2-3H3,(H,16,18)/t9-,10?/m1/s1. The van der Waals surface area contributed by atoms with Gasteiger partial charge in [-0.1, -0.05) is 21.9 Å². The number of ether oxygens (including phenoxy) is 1. The summed E-state index contributed by atoms with van der Waals surface area (Å²) in [6, 6.07) is 5.25. The van der Waals surface area contributed by atoms with Gasteiger partial charge in [-0.2, -0.15) is 0 Å². The highest BCUT2D eigenvalue weighted by atomic mass is 79.9. The van der Waals surface area contributed by atoms with Crippen LogP contribution in [0.2, 0.25) is 0 Å². The van der Waals surface area contributed by atoms with Gasteiger partial charge >= 0.3 is 0 Å². The zero-order chi connectivity index (χ0) is 14.4. The van der Waals surface area contributed by atoms with Gasteiger partial charge in [0, 0.05) is 10.0 Å². The van der Waals surface area contributed by atoms with Gasteiger partial charge in [0.25, 0.3) is 5.91 Å². The van der Waals surface area contributed by atoms with Crippen molar-refractivity contribution < 1.29 is 14.6 Å². The number of hydrogen-bond donors (Lipinski definition) is 2. The van der Waals surface area contributed by atoms with Crippen molar-refractivity contribution >= 4 is 21.8 Å². The lowest BCUT2D eigenvalue weighted by molar-refractivity contribution is -0.127. The minimum absolute atomic E-state index is 0.163. The van der Waals surface area contributed by atoms with E-state index in [0.717, 1.165) is 4.47 Å². The van der Waals surface area contributed by atoms with Crippen molar-refractivity contribution in [3.63, 3.8) is 0 Å². The summed E-state index contributed by atoms with van der Waals surface area (Å²) >= 11 is 3.33. The number of hydrogen-bond acceptors (Lipinski definition) is 3. The number of terminal acetylenes is 1. The molecular weight excluding hydrogens is 310 g/mol. The van der Waals surface area contributed by atoms with Gasteiger partial charge in [0.05, 0.1) is 12.6 Å². The van der Waals surface area contributed by atoms with E-state index in [2.05, 4.69) is 27.2 Å². The van der Waals surface area contributed by atoms with Crippen LogP contribution in [0, 0.1) is 12.3 Å². The third-order valence-corrected chi connectivity index (χ3v) is 2.95. The molecular formula is C14H16BrNO3. The average molecular weight is 326 g/mol. The van der Waals surface area contributed by atoms with Crippen LogP contribution in [0.1, 0.15) is 25.5 Å². The molecule has 0 bridgehead atoms. The molecule has 2 atom stereocenters. The second-order valence-corrected chi connectivity index (χ2v) is 4.96. The number of amides is 1. The normalized spacial score (nSPS) is 13.2. The third kappa shape index (κ3) is 4.58. The number of carbonyl (C=O) groups excluding carboxylic acids is 1. The lowest BCUT2D eigenvalue weighted by atomic mass is 10.1. The summed E-state index contributed by atoms with van der Waals surface area (Å²) in [7, 11) is 0. The fourth-order valence-corrected chi connectivity index (χ4v) is 1.86. The predicted octanol–water partition coefficient (Wildman–Crippen LogP) is 2.02. The SMILES string of the molecule is C#CCNC(=O)C(C)Oc1ccc(Br)cc1[C@@H](C)O. The molecule has 1 aromatic carbocycles. The lowest BCUT2D eigenvalue weighted by Gasteiger charge is -2.18. The van der Waals surface area contributed by atoms with Gasteiger partial charge in [-0.15, -0.1) is 6.42 Å². The van der Waals surface area contributed by atoms with Crippen molar-refractivity contribution in [2.45, 2.75) is 26.1 Å². The number of rotatable bonds is 5. The van der Waals surface area contributed by atoms with Crippen molar-refractivity contribution in [1.82, 2.24) is 5.32 Å². The number of halogens is 1. The van der Waals surface area contributed by atoms with E-state index in [1.54, 1.807) is 32.0 Å². The van der Waals surface area contributed by atoms with Gasteiger partial charge in [-0.05, 0) is 32.0 Å².